The van der Waals surface area contributed by atoms with Gasteiger partial charge in [0.25, 0.3) is 11.5 Å². The smallest absolute Gasteiger partial charge is 0.301 e. The standard InChI is InChI=1S/C29H21ClN4O6S2/c1-15-11-19-12-18(7-10-22(19)40-15)25(35)23-24(17-3-2-4-21(13-17)34(38)39)33(27(37)26(23)36)28-31-32-29(42-28)41-14-16-5-8-20(30)9-6-16/h2-10,12-13,15,24,35H,11,14H2,1H3/b25-23+. The maximum Gasteiger partial charge on any atom is 0.301 e. The van der Waals surface area contributed by atoms with E-state index >= 15 is 0 Å². The molecule has 2 unspecified atom stereocenters. The van der Waals surface area contributed by atoms with E-state index in [0.717, 1.165) is 27.4 Å². The van der Waals surface area contributed by atoms with Crippen LogP contribution in [0.2, 0.25) is 5.02 Å². The largest absolute Gasteiger partial charge is 0.507 e. The third-order valence-corrected chi connectivity index (χ3v) is 9.27. The van der Waals surface area contributed by atoms with Crippen LogP contribution in [-0.2, 0) is 21.8 Å². The van der Waals surface area contributed by atoms with Crippen LogP contribution in [0.3, 0.4) is 0 Å². The number of non-ortho nitro benzene ring substituents is 1. The lowest BCUT2D eigenvalue weighted by atomic mass is 9.94. The normalized spacial score (nSPS) is 19.1. The highest BCUT2D eigenvalue weighted by molar-refractivity contribution is 8.00. The number of Topliss-reactive ketones (excluding diaryl/α,β-unsaturated/α-hetero) is 1. The molecule has 1 aromatic heterocycles. The van der Waals surface area contributed by atoms with Crippen LogP contribution < -0.4 is 9.64 Å². The van der Waals surface area contributed by atoms with Gasteiger partial charge in [0, 0.05) is 34.9 Å². The Labute approximate surface area is 252 Å². The number of nitrogens with zero attached hydrogens (tertiary/aromatic N) is 4. The van der Waals surface area contributed by atoms with E-state index in [9.17, 15) is 24.8 Å². The topological polar surface area (TPSA) is 136 Å². The van der Waals surface area contributed by atoms with E-state index in [1.807, 2.05) is 19.1 Å². The number of halogens is 1. The molecule has 2 aliphatic heterocycles. The first-order valence-electron chi connectivity index (χ1n) is 12.8. The lowest BCUT2D eigenvalue weighted by molar-refractivity contribution is -0.384. The molecule has 10 nitrogen and oxygen atoms in total. The zero-order chi connectivity index (χ0) is 29.5. The van der Waals surface area contributed by atoms with Crippen molar-refractivity contribution in [2.24, 2.45) is 0 Å². The van der Waals surface area contributed by atoms with E-state index in [1.54, 1.807) is 36.4 Å². The molecule has 42 heavy (non-hydrogen) atoms. The van der Waals surface area contributed by atoms with Gasteiger partial charge in [-0.2, -0.15) is 0 Å². The molecule has 1 fully saturated rings. The molecule has 1 N–H and O–H groups in total. The number of fused-ring (bicyclic) bond motifs is 1. The molecule has 3 heterocycles. The molecule has 0 radical (unpaired) electrons. The summed E-state index contributed by atoms with van der Waals surface area (Å²) < 4.78 is 6.30. The maximum atomic E-state index is 13.5. The second kappa shape index (κ2) is 11.2. The van der Waals surface area contributed by atoms with Crippen LogP contribution >= 0.6 is 34.7 Å². The molecule has 3 aromatic carbocycles. The predicted molar refractivity (Wildman–Crippen MR) is 159 cm³/mol. The zero-order valence-electron chi connectivity index (χ0n) is 21.9. The summed E-state index contributed by atoms with van der Waals surface area (Å²) in [4.78, 5) is 39.2. The van der Waals surface area contributed by atoms with Gasteiger partial charge in [0.2, 0.25) is 5.13 Å². The number of aliphatic hydroxyl groups excluding tert-OH is 1. The molecule has 1 saturated heterocycles. The Morgan fingerprint density at radius 1 is 1.17 bits per heavy atom. The lowest BCUT2D eigenvalue weighted by Gasteiger charge is -2.22. The Kier molecular flexibility index (Phi) is 7.43. The minimum Gasteiger partial charge on any atom is -0.507 e. The minimum atomic E-state index is -1.17. The van der Waals surface area contributed by atoms with Gasteiger partial charge in [-0.15, -0.1) is 10.2 Å². The molecule has 6 rings (SSSR count). The number of rotatable bonds is 7. The number of benzene rings is 3. The summed E-state index contributed by atoms with van der Waals surface area (Å²) in [5.41, 5.74) is 2.05. The first-order valence-corrected chi connectivity index (χ1v) is 14.9. The van der Waals surface area contributed by atoms with Crippen LogP contribution in [0.15, 0.2) is 76.6 Å². The number of carbonyl (C=O) groups excluding carboxylic acids is 2. The van der Waals surface area contributed by atoms with Crippen LogP contribution in [0, 0.1) is 10.1 Å². The van der Waals surface area contributed by atoms with E-state index in [4.69, 9.17) is 16.3 Å². The van der Waals surface area contributed by atoms with Gasteiger partial charge in [-0.05, 0) is 53.9 Å². The monoisotopic (exact) mass is 620 g/mol. The number of carbonyl (C=O) groups is 2. The van der Waals surface area contributed by atoms with E-state index < -0.39 is 28.4 Å². The molecule has 0 bridgehead atoms. The fourth-order valence-corrected chi connectivity index (χ4v) is 6.91. The fraction of sp³-hybridized carbons (Fsp3) is 0.172. The van der Waals surface area contributed by atoms with Crippen molar-refractivity contribution in [2.45, 2.75) is 35.6 Å². The highest BCUT2D eigenvalue weighted by atomic mass is 35.5. The molecule has 212 valence electrons. The maximum absolute atomic E-state index is 13.5. The van der Waals surface area contributed by atoms with Gasteiger partial charge >= 0.3 is 5.91 Å². The summed E-state index contributed by atoms with van der Waals surface area (Å²) in [5, 5.41) is 32.2. The second-order valence-corrected chi connectivity index (χ2v) is 12.4. The van der Waals surface area contributed by atoms with Crippen LogP contribution in [-0.4, -0.2) is 38.0 Å². The Morgan fingerprint density at radius 2 is 1.95 bits per heavy atom. The first kappa shape index (κ1) is 27.9. The van der Waals surface area contributed by atoms with Gasteiger partial charge in [-0.3, -0.25) is 24.6 Å². The van der Waals surface area contributed by atoms with E-state index in [0.29, 0.717) is 32.8 Å². The number of ether oxygens (including phenoxy) is 1. The lowest BCUT2D eigenvalue weighted by Crippen LogP contribution is -2.29. The van der Waals surface area contributed by atoms with Gasteiger partial charge in [-0.25, -0.2) is 0 Å². The van der Waals surface area contributed by atoms with Gasteiger partial charge in [0.1, 0.15) is 17.6 Å². The molecule has 0 aliphatic carbocycles. The van der Waals surface area contributed by atoms with Gasteiger partial charge in [0.15, 0.2) is 4.34 Å². The summed E-state index contributed by atoms with van der Waals surface area (Å²) in [5.74, 6) is -0.986. The summed E-state index contributed by atoms with van der Waals surface area (Å²) in [7, 11) is 0. The van der Waals surface area contributed by atoms with Crippen molar-refractivity contribution in [3.05, 3.63) is 110 Å². The molecule has 2 aliphatic rings. The highest BCUT2D eigenvalue weighted by Gasteiger charge is 2.48. The van der Waals surface area contributed by atoms with Crippen molar-refractivity contribution in [3.63, 3.8) is 0 Å². The predicted octanol–water partition coefficient (Wildman–Crippen LogP) is 6.34. The molecule has 0 spiro atoms. The number of ketones is 1. The summed E-state index contributed by atoms with van der Waals surface area (Å²) >= 11 is 8.47. The molecular formula is C29H21ClN4O6S2. The van der Waals surface area contributed by atoms with Gasteiger partial charge < -0.3 is 9.84 Å². The molecular weight excluding hydrogens is 600 g/mol. The SMILES string of the molecule is CC1Cc2cc(/C(O)=C3\C(=O)C(=O)N(c4nnc(SCc5ccc(Cl)cc5)s4)C3c3cccc([N+](=O)[O-])c3)ccc2O1. The van der Waals surface area contributed by atoms with E-state index in [2.05, 4.69) is 10.2 Å². The minimum absolute atomic E-state index is 0.0306. The number of hydrogen-bond donors (Lipinski definition) is 1. The number of aromatic nitrogens is 2. The number of thioether (sulfide) groups is 1. The summed E-state index contributed by atoms with van der Waals surface area (Å²) in [6, 6.07) is 16.9. The quantitative estimate of drug-likeness (QED) is 0.0477. The Hall–Kier alpha value is -4.26. The Morgan fingerprint density at radius 3 is 2.71 bits per heavy atom. The zero-order valence-corrected chi connectivity index (χ0v) is 24.3. The van der Waals surface area contributed by atoms with Crippen LogP contribution in [0.5, 0.6) is 5.75 Å². The third-order valence-electron chi connectivity index (χ3n) is 6.89. The van der Waals surface area contributed by atoms with Gasteiger partial charge in [-0.1, -0.05) is 59.0 Å². The third kappa shape index (κ3) is 5.24. The second-order valence-electron chi connectivity index (χ2n) is 9.74. The van der Waals surface area contributed by atoms with Crippen molar-refractivity contribution in [3.8, 4) is 5.75 Å². The first-order chi connectivity index (χ1) is 20.2. The highest BCUT2D eigenvalue weighted by Crippen LogP contribution is 2.45. The number of anilines is 1. The Balaban J connectivity index is 1.41. The van der Waals surface area contributed by atoms with Crippen molar-refractivity contribution in [2.75, 3.05) is 4.90 Å². The average Bonchev–Trinajstić information content (AvgIpc) is 3.67. The number of aliphatic hydroxyl groups is 1. The summed E-state index contributed by atoms with van der Waals surface area (Å²) in [6.45, 7) is 1.93. The van der Waals surface area contributed by atoms with Crippen LogP contribution in [0.1, 0.15) is 35.2 Å². The summed E-state index contributed by atoms with van der Waals surface area (Å²) in [6.07, 6.45) is 0.595. The molecule has 1 amide bonds. The van der Waals surface area contributed by atoms with Crippen LogP contribution in [0.25, 0.3) is 5.76 Å². The number of amides is 1. The number of nitro groups is 1. The number of hydrogen-bond acceptors (Lipinski definition) is 10. The Bertz CT molecular complexity index is 1770. The fourth-order valence-electron chi connectivity index (χ4n) is 4.96. The van der Waals surface area contributed by atoms with Crippen molar-refractivity contribution in [1.82, 2.24) is 10.2 Å². The van der Waals surface area contributed by atoms with Crippen LogP contribution in [0.4, 0.5) is 10.8 Å². The molecule has 0 saturated carbocycles. The van der Waals surface area contributed by atoms with E-state index in [1.165, 1.54) is 30.0 Å². The molecule has 13 heteroatoms. The molecule has 4 aromatic rings. The van der Waals surface area contributed by atoms with Crippen molar-refractivity contribution >= 4 is 63.0 Å². The van der Waals surface area contributed by atoms with Crippen molar-refractivity contribution in [1.29, 1.82) is 0 Å². The van der Waals surface area contributed by atoms with Crippen molar-refractivity contribution < 1.29 is 24.4 Å². The molecule has 2 atom stereocenters. The van der Waals surface area contributed by atoms with Gasteiger partial charge in [0.05, 0.1) is 16.5 Å². The van der Waals surface area contributed by atoms with E-state index in [-0.39, 0.29) is 28.1 Å². The average molecular weight is 621 g/mol. The number of nitro benzene ring substituents is 1.